The molecule has 1 aromatic heterocycles. The lowest BCUT2D eigenvalue weighted by molar-refractivity contribution is -0.141. The molecule has 0 unspecified atom stereocenters. The maximum absolute atomic E-state index is 13.4. The van der Waals surface area contributed by atoms with E-state index in [1.165, 1.54) is 4.90 Å². The summed E-state index contributed by atoms with van der Waals surface area (Å²) >= 11 is 0. The summed E-state index contributed by atoms with van der Waals surface area (Å²) in [5, 5.41) is 2.69. The van der Waals surface area contributed by atoms with Crippen molar-refractivity contribution in [3.05, 3.63) is 47.8 Å². The fraction of sp³-hybridized carbons (Fsp3) is 0.312. The van der Waals surface area contributed by atoms with Crippen molar-refractivity contribution in [2.75, 3.05) is 31.6 Å². The van der Waals surface area contributed by atoms with Crippen molar-refractivity contribution in [3.63, 3.8) is 0 Å². The first-order chi connectivity index (χ1) is 11.9. The molecule has 1 aromatic carbocycles. The molecule has 1 amide bonds. The normalized spacial score (nSPS) is 15.1. The van der Waals surface area contributed by atoms with Crippen LogP contribution in [0.3, 0.4) is 0 Å². The number of amides is 1. The number of benzene rings is 1. The Hall–Kier alpha value is -2.68. The summed E-state index contributed by atoms with van der Waals surface area (Å²) in [5.41, 5.74) is -1.27. The van der Waals surface area contributed by atoms with Crippen molar-refractivity contribution in [1.82, 2.24) is 14.9 Å². The van der Waals surface area contributed by atoms with Gasteiger partial charge in [0.05, 0.1) is 18.8 Å². The standard InChI is InChI=1S/C16H15F3N4O2/c17-16(18,19)13-12(14(24)23-6-8-25-9-7-23)10-20-15(22-13)21-11-4-2-1-3-5-11/h1-5,10H,6-9H2,(H,20,21,22). The van der Waals surface area contributed by atoms with E-state index in [0.717, 1.165) is 6.20 Å². The topological polar surface area (TPSA) is 67.4 Å². The van der Waals surface area contributed by atoms with Gasteiger partial charge in [0.25, 0.3) is 5.91 Å². The average Bonchev–Trinajstić information content (AvgIpc) is 2.62. The molecular weight excluding hydrogens is 337 g/mol. The van der Waals surface area contributed by atoms with Gasteiger partial charge in [-0.15, -0.1) is 0 Å². The molecule has 0 spiro atoms. The fourth-order valence-electron chi connectivity index (χ4n) is 2.40. The molecule has 0 aliphatic carbocycles. The highest BCUT2D eigenvalue weighted by molar-refractivity contribution is 5.95. The second-order valence-electron chi connectivity index (χ2n) is 5.35. The molecule has 6 nitrogen and oxygen atoms in total. The van der Waals surface area contributed by atoms with Crippen LogP contribution < -0.4 is 5.32 Å². The van der Waals surface area contributed by atoms with Gasteiger partial charge in [0.15, 0.2) is 5.69 Å². The smallest absolute Gasteiger partial charge is 0.378 e. The molecule has 1 N–H and O–H groups in total. The lowest BCUT2D eigenvalue weighted by atomic mass is 10.2. The van der Waals surface area contributed by atoms with Crippen molar-refractivity contribution < 1.29 is 22.7 Å². The molecule has 0 bridgehead atoms. The second kappa shape index (κ2) is 7.06. The molecule has 132 valence electrons. The van der Waals surface area contributed by atoms with E-state index >= 15 is 0 Å². The van der Waals surface area contributed by atoms with Gasteiger partial charge in [0.1, 0.15) is 0 Å². The van der Waals surface area contributed by atoms with Crippen LogP contribution in [0.1, 0.15) is 16.1 Å². The highest BCUT2D eigenvalue weighted by Gasteiger charge is 2.39. The van der Waals surface area contributed by atoms with Crippen LogP contribution in [0.5, 0.6) is 0 Å². The molecule has 0 saturated carbocycles. The zero-order valence-corrected chi connectivity index (χ0v) is 13.1. The van der Waals surface area contributed by atoms with E-state index in [-0.39, 0.29) is 19.0 Å². The fourth-order valence-corrected chi connectivity index (χ4v) is 2.40. The van der Waals surface area contributed by atoms with Crippen LogP contribution in [0.25, 0.3) is 0 Å². The third kappa shape index (κ3) is 4.05. The number of halogens is 3. The summed E-state index contributed by atoms with van der Waals surface area (Å²) in [6, 6.07) is 8.57. The summed E-state index contributed by atoms with van der Waals surface area (Å²) in [6.07, 6.45) is -3.85. The Balaban J connectivity index is 1.91. The number of nitrogens with zero attached hydrogens (tertiary/aromatic N) is 3. The SMILES string of the molecule is O=C(c1cnc(Nc2ccccc2)nc1C(F)(F)F)N1CCOCC1. The van der Waals surface area contributed by atoms with Gasteiger partial charge in [-0.25, -0.2) is 9.97 Å². The zero-order chi connectivity index (χ0) is 17.9. The monoisotopic (exact) mass is 352 g/mol. The largest absolute Gasteiger partial charge is 0.434 e. The summed E-state index contributed by atoms with van der Waals surface area (Å²) in [7, 11) is 0. The van der Waals surface area contributed by atoms with E-state index in [1.807, 2.05) is 0 Å². The molecule has 25 heavy (non-hydrogen) atoms. The van der Waals surface area contributed by atoms with Gasteiger partial charge in [0, 0.05) is 25.0 Å². The Bertz CT molecular complexity index is 747. The summed E-state index contributed by atoms with van der Waals surface area (Å²) < 4.78 is 45.3. The van der Waals surface area contributed by atoms with Gasteiger partial charge in [-0.3, -0.25) is 4.79 Å². The van der Waals surface area contributed by atoms with Gasteiger partial charge in [0.2, 0.25) is 5.95 Å². The minimum Gasteiger partial charge on any atom is -0.378 e. The number of hydrogen-bond donors (Lipinski definition) is 1. The van der Waals surface area contributed by atoms with Crippen molar-refractivity contribution in [2.24, 2.45) is 0 Å². The third-order valence-electron chi connectivity index (χ3n) is 3.62. The molecule has 9 heteroatoms. The number of hydrogen-bond acceptors (Lipinski definition) is 5. The van der Waals surface area contributed by atoms with Crippen molar-refractivity contribution in [2.45, 2.75) is 6.18 Å². The average molecular weight is 352 g/mol. The number of carbonyl (C=O) groups excluding carboxylic acids is 1. The van der Waals surface area contributed by atoms with Crippen LogP contribution in [-0.2, 0) is 10.9 Å². The number of carbonyl (C=O) groups is 1. The molecule has 2 aromatic rings. The molecule has 1 saturated heterocycles. The number of anilines is 2. The van der Waals surface area contributed by atoms with Crippen molar-refractivity contribution >= 4 is 17.5 Å². The van der Waals surface area contributed by atoms with Crippen LogP contribution in [0.15, 0.2) is 36.5 Å². The number of nitrogens with one attached hydrogen (secondary N) is 1. The maximum Gasteiger partial charge on any atom is 0.434 e. The van der Waals surface area contributed by atoms with E-state index in [9.17, 15) is 18.0 Å². The van der Waals surface area contributed by atoms with Crippen LogP contribution in [0.2, 0.25) is 0 Å². The van der Waals surface area contributed by atoms with Crippen LogP contribution in [-0.4, -0.2) is 47.1 Å². The quantitative estimate of drug-likeness (QED) is 0.920. The molecule has 3 rings (SSSR count). The first kappa shape index (κ1) is 17.2. The number of alkyl halides is 3. The van der Waals surface area contributed by atoms with E-state index in [1.54, 1.807) is 30.3 Å². The van der Waals surface area contributed by atoms with E-state index in [4.69, 9.17) is 4.74 Å². The molecule has 2 heterocycles. The molecular formula is C16H15F3N4O2. The molecule has 1 fully saturated rings. The predicted molar refractivity (Wildman–Crippen MR) is 83.5 cm³/mol. The number of rotatable bonds is 3. The van der Waals surface area contributed by atoms with Gasteiger partial charge < -0.3 is 15.0 Å². The summed E-state index contributed by atoms with van der Waals surface area (Å²) in [6.45, 7) is 1.06. The number of morpholine rings is 1. The molecule has 0 radical (unpaired) electrons. The van der Waals surface area contributed by atoms with Crippen LogP contribution in [0, 0.1) is 0 Å². The van der Waals surface area contributed by atoms with Gasteiger partial charge >= 0.3 is 6.18 Å². The number of para-hydroxylation sites is 1. The maximum atomic E-state index is 13.4. The van der Waals surface area contributed by atoms with Crippen molar-refractivity contribution in [1.29, 1.82) is 0 Å². The van der Waals surface area contributed by atoms with Crippen LogP contribution >= 0.6 is 0 Å². The first-order valence-corrected chi connectivity index (χ1v) is 7.58. The Labute approximate surface area is 141 Å². The highest BCUT2D eigenvalue weighted by Crippen LogP contribution is 2.32. The Kier molecular flexibility index (Phi) is 4.84. The lowest BCUT2D eigenvalue weighted by Crippen LogP contribution is -2.41. The molecule has 1 aliphatic rings. The zero-order valence-electron chi connectivity index (χ0n) is 13.1. The summed E-state index contributed by atoms with van der Waals surface area (Å²) in [5.74, 6) is -0.973. The minimum atomic E-state index is -4.77. The van der Waals surface area contributed by atoms with E-state index in [0.29, 0.717) is 18.9 Å². The van der Waals surface area contributed by atoms with Gasteiger partial charge in [-0.2, -0.15) is 13.2 Å². The Morgan fingerprint density at radius 2 is 1.84 bits per heavy atom. The van der Waals surface area contributed by atoms with Gasteiger partial charge in [-0.05, 0) is 12.1 Å². The van der Waals surface area contributed by atoms with Crippen LogP contribution in [0.4, 0.5) is 24.8 Å². The van der Waals surface area contributed by atoms with E-state index < -0.39 is 23.3 Å². The second-order valence-corrected chi connectivity index (χ2v) is 5.35. The van der Waals surface area contributed by atoms with Crippen molar-refractivity contribution in [3.8, 4) is 0 Å². The minimum absolute atomic E-state index is 0.225. The highest BCUT2D eigenvalue weighted by atomic mass is 19.4. The molecule has 1 aliphatic heterocycles. The Morgan fingerprint density at radius 3 is 2.48 bits per heavy atom. The lowest BCUT2D eigenvalue weighted by Gasteiger charge is -2.27. The summed E-state index contributed by atoms with van der Waals surface area (Å²) in [4.78, 5) is 21.1. The number of ether oxygens (including phenoxy) is 1. The Morgan fingerprint density at radius 1 is 1.16 bits per heavy atom. The number of aromatic nitrogens is 2. The third-order valence-corrected chi connectivity index (χ3v) is 3.62. The first-order valence-electron chi connectivity index (χ1n) is 7.58. The van der Waals surface area contributed by atoms with E-state index in [2.05, 4.69) is 15.3 Å². The predicted octanol–water partition coefficient (Wildman–Crippen LogP) is 2.71. The molecule has 0 atom stereocenters. The van der Waals surface area contributed by atoms with Gasteiger partial charge in [-0.1, -0.05) is 18.2 Å².